The van der Waals surface area contributed by atoms with E-state index in [1.807, 2.05) is 0 Å². The van der Waals surface area contributed by atoms with E-state index in [1.54, 1.807) is 6.07 Å². The number of hydrogen-bond acceptors (Lipinski definition) is 2. The maximum absolute atomic E-state index is 13.2. The van der Waals surface area contributed by atoms with E-state index >= 15 is 0 Å². The second-order valence-corrected chi connectivity index (χ2v) is 7.61. The molecule has 0 aliphatic carbocycles. The average molecular weight is 392 g/mol. The van der Waals surface area contributed by atoms with Crippen LogP contribution in [0.15, 0.2) is 42.5 Å². The Hall–Kier alpha value is -1.85. The first-order chi connectivity index (χ1) is 12.5. The van der Waals surface area contributed by atoms with E-state index in [-0.39, 0.29) is 5.02 Å². The van der Waals surface area contributed by atoms with Crippen LogP contribution in [0.25, 0.3) is 0 Å². The number of halogens is 2. The largest absolute Gasteiger partial charge is 0.371 e. The molecule has 2 N–H and O–H groups in total. The Kier molecular flexibility index (Phi) is 6.33. The molecule has 2 aromatic rings. The number of rotatable bonds is 4. The van der Waals surface area contributed by atoms with Crippen molar-refractivity contribution in [2.45, 2.75) is 26.3 Å². The molecule has 26 heavy (non-hydrogen) atoms. The van der Waals surface area contributed by atoms with E-state index in [4.69, 9.17) is 23.8 Å². The van der Waals surface area contributed by atoms with Crippen molar-refractivity contribution in [1.29, 1.82) is 0 Å². The first-order valence-electron chi connectivity index (χ1n) is 8.85. The summed E-state index contributed by atoms with van der Waals surface area (Å²) in [5.41, 5.74) is 3.09. The van der Waals surface area contributed by atoms with Crippen molar-refractivity contribution in [3.63, 3.8) is 0 Å². The molecule has 0 saturated carbocycles. The van der Waals surface area contributed by atoms with Crippen LogP contribution < -0.4 is 15.5 Å². The molecule has 0 aromatic heterocycles. The molecule has 0 amide bonds. The zero-order valence-corrected chi connectivity index (χ0v) is 16.3. The minimum absolute atomic E-state index is 0.0698. The molecular weight excluding hydrogens is 369 g/mol. The molecule has 1 fully saturated rings. The molecule has 1 saturated heterocycles. The van der Waals surface area contributed by atoms with Crippen molar-refractivity contribution in [1.82, 2.24) is 5.32 Å². The van der Waals surface area contributed by atoms with Gasteiger partial charge in [0.15, 0.2) is 5.11 Å². The lowest BCUT2D eigenvalue weighted by Crippen LogP contribution is -2.34. The Morgan fingerprint density at radius 2 is 2.04 bits per heavy atom. The van der Waals surface area contributed by atoms with E-state index in [2.05, 4.69) is 46.7 Å². The molecule has 6 heteroatoms. The molecule has 3 nitrogen and oxygen atoms in total. The van der Waals surface area contributed by atoms with Gasteiger partial charge < -0.3 is 15.5 Å². The minimum atomic E-state index is -0.445. The van der Waals surface area contributed by atoms with Crippen LogP contribution in [-0.4, -0.2) is 18.2 Å². The van der Waals surface area contributed by atoms with Crippen LogP contribution in [0.2, 0.25) is 5.02 Å². The molecule has 3 rings (SSSR count). The second-order valence-electron chi connectivity index (χ2n) is 6.80. The van der Waals surface area contributed by atoms with Crippen LogP contribution in [0.4, 0.5) is 15.8 Å². The summed E-state index contributed by atoms with van der Waals surface area (Å²) in [5, 5.41) is 6.71. The van der Waals surface area contributed by atoms with Gasteiger partial charge in [0.25, 0.3) is 0 Å². The summed E-state index contributed by atoms with van der Waals surface area (Å²) in [6.07, 6.45) is 2.58. The van der Waals surface area contributed by atoms with Crippen LogP contribution in [0, 0.1) is 11.7 Å². The summed E-state index contributed by atoms with van der Waals surface area (Å²) >= 11 is 11.1. The number of nitrogens with one attached hydrogen (secondary N) is 2. The van der Waals surface area contributed by atoms with Crippen LogP contribution in [-0.2, 0) is 6.54 Å². The summed E-state index contributed by atoms with van der Waals surface area (Å²) < 4.78 is 13.2. The molecule has 0 unspecified atom stereocenters. The maximum Gasteiger partial charge on any atom is 0.171 e. The highest BCUT2D eigenvalue weighted by atomic mass is 35.5. The zero-order chi connectivity index (χ0) is 18.5. The highest BCUT2D eigenvalue weighted by molar-refractivity contribution is 7.80. The second kappa shape index (κ2) is 8.69. The van der Waals surface area contributed by atoms with Gasteiger partial charge in [0.05, 0.1) is 5.02 Å². The third-order valence-electron chi connectivity index (χ3n) is 4.59. The molecule has 0 bridgehead atoms. The van der Waals surface area contributed by atoms with Crippen LogP contribution in [0.5, 0.6) is 0 Å². The Morgan fingerprint density at radius 3 is 2.73 bits per heavy atom. The standard InChI is InChI=1S/C20H23ClFN3S/c1-14-3-2-10-25(13-14)17-7-4-15(5-8-17)12-23-20(26)24-16-6-9-19(22)18(21)11-16/h4-9,11,14H,2-3,10,12-13H2,1H3,(H2,23,24,26)/t14-/m0/s1. The van der Waals surface area contributed by atoms with Crippen molar-refractivity contribution >= 4 is 40.3 Å². The molecule has 2 aromatic carbocycles. The molecule has 1 heterocycles. The van der Waals surface area contributed by atoms with Gasteiger partial charge in [0, 0.05) is 31.0 Å². The average Bonchev–Trinajstić information content (AvgIpc) is 2.63. The number of piperidine rings is 1. The lowest BCUT2D eigenvalue weighted by atomic mass is 9.99. The van der Waals surface area contributed by atoms with Gasteiger partial charge >= 0.3 is 0 Å². The Bertz CT molecular complexity index is 766. The van der Waals surface area contributed by atoms with Crippen molar-refractivity contribution in [2.75, 3.05) is 23.3 Å². The molecule has 138 valence electrons. The predicted octanol–water partition coefficient (Wildman–Crippen LogP) is 5.20. The minimum Gasteiger partial charge on any atom is -0.371 e. The first-order valence-corrected chi connectivity index (χ1v) is 9.63. The van der Waals surface area contributed by atoms with E-state index < -0.39 is 5.82 Å². The molecular formula is C20H23ClFN3S. The molecule has 1 atom stereocenters. The Morgan fingerprint density at radius 1 is 1.27 bits per heavy atom. The summed E-state index contributed by atoms with van der Waals surface area (Å²) in [4.78, 5) is 2.45. The molecule has 0 spiro atoms. The van der Waals surface area contributed by atoms with Gasteiger partial charge in [-0.3, -0.25) is 0 Å². The quantitative estimate of drug-likeness (QED) is 0.700. The Labute approximate surface area is 164 Å². The van der Waals surface area contributed by atoms with Crippen molar-refractivity contribution in [3.05, 3.63) is 58.9 Å². The predicted molar refractivity (Wildman–Crippen MR) is 112 cm³/mol. The number of benzene rings is 2. The zero-order valence-electron chi connectivity index (χ0n) is 14.8. The van der Waals surface area contributed by atoms with E-state index in [0.29, 0.717) is 17.3 Å². The van der Waals surface area contributed by atoms with Gasteiger partial charge in [-0.05, 0) is 66.9 Å². The van der Waals surface area contributed by atoms with E-state index in [9.17, 15) is 4.39 Å². The fourth-order valence-electron chi connectivity index (χ4n) is 3.18. The van der Waals surface area contributed by atoms with E-state index in [0.717, 1.165) is 24.6 Å². The first kappa shape index (κ1) is 18.9. The number of thiocarbonyl (C=S) groups is 1. The van der Waals surface area contributed by atoms with Gasteiger partial charge in [-0.25, -0.2) is 4.39 Å². The maximum atomic E-state index is 13.2. The van der Waals surface area contributed by atoms with Crippen LogP contribution in [0.3, 0.4) is 0 Å². The lowest BCUT2D eigenvalue weighted by molar-refractivity contribution is 0.447. The summed E-state index contributed by atoms with van der Waals surface area (Å²) in [5.74, 6) is 0.313. The van der Waals surface area contributed by atoms with Crippen molar-refractivity contribution in [2.24, 2.45) is 5.92 Å². The normalized spacial score (nSPS) is 17.0. The Balaban J connectivity index is 1.51. The highest BCUT2D eigenvalue weighted by Gasteiger charge is 2.16. The van der Waals surface area contributed by atoms with Gasteiger partial charge in [-0.15, -0.1) is 0 Å². The van der Waals surface area contributed by atoms with Crippen molar-refractivity contribution in [3.8, 4) is 0 Å². The number of nitrogens with zero attached hydrogens (tertiary/aromatic N) is 1. The van der Waals surface area contributed by atoms with E-state index in [1.165, 1.54) is 30.7 Å². The molecule has 0 radical (unpaired) electrons. The SMILES string of the molecule is C[C@H]1CCCN(c2ccc(CNC(=S)Nc3ccc(F)c(Cl)c3)cc2)C1. The van der Waals surface area contributed by atoms with Crippen LogP contribution in [0.1, 0.15) is 25.3 Å². The topological polar surface area (TPSA) is 27.3 Å². The third kappa shape index (κ3) is 5.08. The third-order valence-corrected chi connectivity index (χ3v) is 5.13. The summed E-state index contributed by atoms with van der Waals surface area (Å²) in [6, 6.07) is 13.0. The van der Waals surface area contributed by atoms with Gasteiger partial charge in [0.2, 0.25) is 0 Å². The van der Waals surface area contributed by atoms with Crippen molar-refractivity contribution < 1.29 is 4.39 Å². The fraction of sp³-hybridized carbons (Fsp3) is 0.350. The highest BCUT2D eigenvalue weighted by Crippen LogP contribution is 2.23. The fourth-order valence-corrected chi connectivity index (χ4v) is 3.55. The monoisotopic (exact) mass is 391 g/mol. The van der Waals surface area contributed by atoms with Gasteiger partial charge in [-0.1, -0.05) is 30.7 Å². The summed E-state index contributed by atoms with van der Waals surface area (Å²) in [6.45, 7) is 5.20. The number of anilines is 2. The van der Waals surface area contributed by atoms with Gasteiger partial charge in [-0.2, -0.15) is 0 Å². The molecule has 1 aliphatic rings. The van der Waals surface area contributed by atoms with Gasteiger partial charge in [0.1, 0.15) is 5.82 Å². The lowest BCUT2D eigenvalue weighted by Gasteiger charge is -2.32. The number of hydrogen-bond donors (Lipinski definition) is 2. The smallest absolute Gasteiger partial charge is 0.171 e. The summed E-state index contributed by atoms with van der Waals surface area (Å²) in [7, 11) is 0. The molecule has 1 aliphatic heterocycles. The van der Waals surface area contributed by atoms with Crippen LogP contribution >= 0.6 is 23.8 Å².